The van der Waals surface area contributed by atoms with Gasteiger partial charge < -0.3 is 29.8 Å². The van der Waals surface area contributed by atoms with Crippen LogP contribution in [0.15, 0.2) is 85.2 Å². The summed E-state index contributed by atoms with van der Waals surface area (Å²) in [6.07, 6.45) is 0.755. The number of ether oxygens (including phenoxy) is 2. The molecule has 0 bridgehead atoms. The number of halogens is 2. The Bertz CT molecular complexity index is 1580. The third kappa shape index (κ3) is 8.31. The first-order valence-corrected chi connectivity index (χ1v) is 15.5. The molecule has 1 unspecified atom stereocenters. The molecule has 45 heavy (non-hydrogen) atoms. The van der Waals surface area contributed by atoms with Crippen LogP contribution in [0.25, 0.3) is 0 Å². The Labute approximate surface area is 272 Å². The number of ketones is 1. The van der Waals surface area contributed by atoms with Gasteiger partial charge in [-0.05, 0) is 35.6 Å². The molecule has 1 aromatic heterocycles. The van der Waals surface area contributed by atoms with Gasteiger partial charge in [0.05, 0.1) is 37.7 Å². The van der Waals surface area contributed by atoms with E-state index in [2.05, 4.69) is 22.5 Å². The first-order chi connectivity index (χ1) is 21.7. The zero-order chi connectivity index (χ0) is 31.9. The molecule has 4 aromatic rings. The van der Waals surface area contributed by atoms with Gasteiger partial charge in [-0.15, -0.1) is 0 Å². The summed E-state index contributed by atoms with van der Waals surface area (Å²) < 4.78 is 14.8. The summed E-state index contributed by atoms with van der Waals surface area (Å²) in [5.74, 6) is -0.166. The molecule has 5 rings (SSSR count). The molecule has 2 amide bonds. The summed E-state index contributed by atoms with van der Waals surface area (Å²) in [5.41, 5.74) is 4.44. The van der Waals surface area contributed by atoms with Crippen LogP contribution in [0, 0.1) is 5.92 Å². The first kappa shape index (κ1) is 32.7. The molecule has 0 spiro atoms. The van der Waals surface area contributed by atoms with Gasteiger partial charge in [0, 0.05) is 18.0 Å². The lowest BCUT2D eigenvalue weighted by Crippen LogP contribution is -2.46. The van der Waals surface area contributed by atoms with Gasteiger partial charge in [0.15, 0.2) is 17.2 Å². The molecular formula is C34H36Cl2N4O5. The van der Waals surface area contributed by atoms with Crippen LogP contribution in [0.4, 0.5) is 4.79 Å². The fraction of sp³-hybridized carbons (Fsp3) is 0.324. The van der Waals surface area contributed by atoms with Gasteiger partial charge in [-0.3, -0.25) is 4.79 Å². The molecular weight excluding hydrogens is 615 g/mol. The van der Waals surface area contributed by atoms with E-state index >= 15 is 0 Å². The van der Waals surface area contributed by atoms with E-state index in [4.69, 9.17) is 32.7 Å². The van der Waals surface area contributed by atoms with Gasteiger partial charge in [0.1, 0.15) is 5.15 Å². The first-order valence-electron chi connectivity index (χ1n) is 14.8. The van der Waals surface area contributed by atoms with Crippen LogP contribution < -0.4 is 10.6 Å². The van der Waals surface area contributed by atoms with Gasteiger partial charge >= 0.3 is 6.03 Å². The molecule has 1 saturated heterocycles. The van der Waals surface area contributed by atoms with Crippen molar-refractivity contribution in [2.24, 2.45) is 5.92 Å². The predicted molar refractivity (Wildman–Crippen MR) is 172 cm³/mol. The Balaban J connectivity index is 1.26. The number of hydrogen-bond acceptors (Lipinski definition) is 6. The standard InChI is InChI=1S/C34H36Cl2N4O5/c1-21-29(18-40-20-38-31(35)32(40)36)44-33(45-30(21)26-12-10-25(19-41)11-13-26)27-14-8-24(9-15-27)17-37-34(43)39-28(22(2)42)16-23-6-4-3-5-7-23/h3-15,20-21,28-30,33,41H,16-19H2,1-2H3,(H2,37,39,43)/t21-,28+,29+,30+,33?/m0/s1. The van der Waals surface area contributed by atoms with Crippen LogP contribution in [-0.2, 0) is 40.4 Å². The zero-order valence-electron chi connectivity index (χ0n) is 25.0. The lowest BCUT2D eigenvalue weighted by atomic mass is 9.90. The van der Waals surface area contributed by atoms with E-state index in [0.29, 0.717) is 18.1 Å². The maximum atomic E-state index is 12.6. The Morgan fingerprint density at radius 3 is 2.22 bits per heavy atom. The van der Waals surface area contributed by atoms with E-state index < -0.39 is 18.4 Å². The number of benzene rings is 3. The number of urea groups is 1. The molecule has 2 heterocycles. The second kappa shape index (κ2) is 15.0. The minimum Gasteiger partial charge on any atom is -0.392 e. The maximum absolute atomic E-state index is 12.6. The number of amides is 2. The molecule has 236 valence electrons. The predicted octanol–water partition coefficient (Wildman–Crippen LogP) is 6.17. The monoisotopic (exact) mass is 650 g/mol. The van der Waals surface area contributed by atoms with Crippen LogP contribution in [-0.4, -0.2) is 38.6 Å². The second-order valence-electron chi connectivity index (χ2n) is 11.2. The van der Waals surface area contributed by atoms with E-state index in [-0.39, 0.29) is 42.2 Å². The molecule has 3 aromatic carbocycles. The quantitative estimate of drug-likeness (QED) is 0.179. The summed E-state index contributed by atoms with van der Waals surface area (Å²) in [6, 6.07) is 23.9. The minimum atomic E-state index is -0.675. The molecule has 3 N–H and O–H groups in total. The van der Waals surface area contributed by atoms with E-state index in [9.17, 15) is 14.7 Å². The average Bonchev–Trinajstić information content (AvgIpc) is 3.37. The number of carbonyl (C=O) groups is 2. The van der Waals surface area contributed by atoms with E-state index in [1.165, 1.54) is 6.92 Å². The number of aliphatic hydroxyl groups is 1. The highest BCUT2D eigenvalue weighted by Gasteiger charge is 2.39. The summed E-state index contributed by atoms with van der Waals surface area (Å²) in [6.45, 7) is 4.19. The normalized spacial score (nSPS) is 20.4. The second-order valence-corrected chi connectivity index (χ2v) is 11.9. The summed E-state index contributed by atoms with van der Waals surface area (Å²) in [5, 5.41) is 15.7. The molecule has 1 aliphatic heterocycles. The van der Waals surface area contributed by atoms with Crippen LogP contribution >= 0.6 is 23.2 Å². The highest BCUT2D eigenvalue weighted by atomic mass is 35.5. The third-order valence-electron chi connectivity index (χ3n) is 8.02. The molecule has 0 aliphatic carbocycles. The van der Waals surface area contributed by atoms with Crippen LogP contribution in [0.2, 0.25) is 10.3 Å². The van der Waals surface area contributed by atoms with Crippen molar-refractivity contribution in [3.63, 3.8) is 0 Å². The molecule has 0 radical (unpaired) electrons. The van der Waals surface area contributed by atoms with Crippen LogP contribution in [0.1, 0.15) is 54.1 Å². The van der Waals surface area contributed by atoms with Crippen molar-refractivity contribution in [3.05, 3.63) is 123 Å². The van der Waals surface area contributed by atoms with Crippen molar-refractivity contribution < 1.29 is 24.2 Å². The van der Waals surface area contributed by atoms with E-state index in [1.807, 2.05) is 78.9 Å². The lowest BCUT2D eigenvalue weighted by molar-refractivity contribution is -0.276. The van der Waals surface area contributed by atoms with E-state index in [0.717, 1.165) is 27.8 Å². The fourth-order valence-corrected chi connectivity index (χ4v) is 5.64. The number of aromatic nitrogens is 2. The molecule has 9 nitrogen and oxygen atoms in total. The zero-order valence-corrected chi connectivity index (χ0v) is 26.5. The highest BCUT2D eigenvalue weighted by Crippen LogP contribution is 2.42. The van der Waals surface area contributed by atoms with Crippen molar-refractivity contribution in [2.45, 2.75) is 64.5 Å². The number of imidazole rings is 1. The number of hydrogen-bond donors (Lipinski definition) is 3. The SMILES string of the molecule is CC(=O)[C@@H](Cc1ccccc1)NC(=O)NCc1ccc(C2O[C@H](Cn3cnc(Cl)c3Cl)[C@H](C)[C@H](c3ccc(CO)cc3)O2)cc1. The number of carbonyl (C=O) groups excluding carboxylic acids is 2. The summed E-state index contributed by atoms with van der Waals surface area (Å²) >= 11 is 12.5. The molecule has 11 heteroatoms. The van der Waals surface area contributed by atoms with Crippen molar-refractivity contribution >= 4 is 35.0 Å². The maximum Gasteiger partial charge on any atom is 0.315 e. The Morgan fingerprint density at radius 1 is 0.933 bits per heavy atom. The van der Waals surface area contributed by atoms with Gasteiger partial charge in [0.25, 0.3) is 0 Å². The molecule has 5 atom stereocenters. The molecule has 1 aliphatic rings. The average molecular weight is 652 g/mol. The van der Waals surface area contributed by atoms with Crippen molar-refractivity contribution in [1.29, 1.82) is 0 Å². The smallest absolute Gasteiger partial charge is 0.315 e. The van der Waals surface area contributed by atoms with Crippen LogP contribution in [0.5, 0.6) is 0 Å². The van der Waals surface area contributed by atoms with Crippen LogP contribution in [0.3, 0.4) is 0 Å². The Kier molecular flexibility index (Phi) is 10.9. The van der Waals surface area contributed by atoms with Gasteiger partial charge in [-0.25, -0.2) is 9.78 Å². The molecule has 1 fully saturated rings. The minimum absolute atomic E-state index is 0.0382. The number of Topliss-reactive ketones (excluding diaryl/α,β-unsaturated/α-hetero) is 1. The van der Waals surface area contributed by atoms with Gasteiger partial charge in [-0.1, -0.05) is 109 Å². The van der Waals surface area contributed by atoms with Crippen molar-refractivity contribution in [1.82, 2.24) is 20.2 Å². The van der Waals surface area contributed by atoms with Gasteiger partial charge in [0.2, 0.25) is 0 Å². The summed E-state index contributed by atoms with van der Waals surface area (Å²) in [4.78, 5) is 28.9. The molecule has 0 saturated carbocycles. The third-order valence-corrected chi connectivity index (χ3v) is 8.79. The van der Waals surface area contributed by atoms with Gasteiger partial charge in [-0.2, -0.15) is 0 Å². The largest absolute Gasteiger partial charge is 0.392 e. The Hall–Kier alpha value is -3.73. The number of aliphatic hydroxyl groups excluding tert-OH is 1. The lowest BCUT2D eigenvalue weighted by Gasteiger charge is -2.41. The fourth-order valence-electron chi connectivity index (χ4n) is 5.32. The number of rotatable bonds is 11. The Morgan fingerprint density at radius 2 is 1.60 bits per heavy atom. The highest BCUT2D eigenvalue weighted by molar-refractivity contribution is 6.40. The van der Waals surface area contributed by atoms with E-state index in [1.54, 1.807) is 10.9 Å². The van der Waals surface area contributed by atoms with Crippen molar-refractivity contribution in [2.75, 3.05) is 0 Å². The van der Waals surface area contributed by atoms with Crippen molar-refractivity contribution in [3.8, 4) is 0 Å². The number of nitrogens with one attached hydrogen (secondary N) is 2. The number of nitrogens with zero attached hydrogens (tertiary/aromatic N) is 2. The summed E-state index contributed by atoms with van der Waals surface area (Å²) in [7, 11) is 0. The topological polar surface area (TPSA) is 115 Å².